The van der Waals surface area contributed by atoms with Crippen LogP contribution in [0.4, 0.5) is 4.39 Å². The van der Waals surface area contributed by atoms with Crippen molar-refractivity contribution in [3.05, 3.63) is 53.1 Å². The molecule has 3 rings (SSSR count). The zero-order valence-corrected chi connectivity index (χ0v) is 15.2. The quantitative estimate of drug-likeness (QED) is 0.726. The van der Waals surface area contributed by atoms with E-state index in [2.05, 4.69) is 28.5 Å². The van der Waals surface area contributed by atoms with Gasteiger partial charge in [-0.05, 0) is 43.9 Å². The second-order valence-electron chi connectivity index (χ2n) is 6.91. The van der Waals surface area contributed by atoms with E-state index in [0.717, 1.165) is 57.6 Å². The molecular weight excluding hydrogens is 317 g/mol. The van der Waals surface area contributed by atoms with Gasteiger partial charge in [-0.15, -0.1) is 0 Å². The van der Waals surface area contributed by atoms with Crippen molar-refractivity contribution in [2.45, 2.75) is 58.8 Å². The standard InChI is InChI=1S/C20H28FN3O/c1-3-9-24-16(2)18(12-22-24)14-23(15-20-8-5-10-25-20)13-17-6-4-7-19(21)11-17/h4,6-7,11-12,20H,3,5,8-10,13-15H2,1-2H3. The van der Waals surface area contributed by atoms with E-state index in [4.69, 9.17) is 4.74 Å². The van der Waals surface area contributed by atoms with Crippen molar-refractivity contribution in [3.8, 4) is 0 Å². The van der Waals surface area contributed by atoms with Crippen LogP contribution in [0.2, 0.25) is 0 Å². The third-order valence-corrected chi connectivity index (χ3v) is 4.82. The Balaban J connectivity index is 1.73. The number of hydrogen-bond acceptors (Lipinski definition) is 3. The van der Waals surface area contributed by atoms with Gasteiger partial charge in [0.15, 0.2) is 0 Å². The topological polar surface area (TPSA) is 30.3 Å². The van der Waals surface area contributed by atoms with Crippen molar-refractivity contribution in [2.75, 3.05) is 13.2 Å². The Bertz CT molecular complexity index is 679. The average Bonchev–Trinajstić information content (AvgIpc) is 3.20. The molecule has 1 atom stereocenters. The van der Waals surface area contributed by atoms with Gasteiger partial charge < -0.3 is 4.74 Å². The fourth-order valence-corrected chi connectivity index (χ4v) is 3.47. The molecule has 4 nitrogen and oxygen atoms in total. The molecule has 1 saturated heterocycles. The predicted molar refractivity (Wildman–Crippen MR) is 96.7 cm³/mol. The molecular formula is C20H28FN3O. The fraction of sp³-hybridized carbons (Fsp3) is 0.550. The number of aromatic nitrogens is 2. The highest BCUT2D eigenvalue weighted by Crippen LogP contribution is 2.19. The van der Waals surface area contributed by atoms with Crippen LogP contribution >= 0.6 is 0 Å². The monoisotopic (exact) mass is 345 g/mol. The molecule has 0 saturated carbocycles. The molecule has 1 aliphatic heterocycles. The van der Waals surface area contributed by atoms with Crippen LogP contribution in [0.15, 0.2) is 30.5 Å². The Hall–Kier alpha value is -1.72. The third-order valence-electron chi connectivity index (χ3n) is 4.82. The van der Waals surface area contributed by atoms with Gasteiger partial charge in [0.1, 0.15) is 5.82 Å². The number of aryl methyl sites for hydroxylation is 1. The van der Waals surface area contributed by atoms with Crippen molar-refractivity contribution in [2.24, 2.45) is 0 Å². The summed E-state index contributed by atoms with van der Waals surface area (Å²) in [7, 11) is 0. The van der Waals surface area contributed by atoms with Gasteiger partial charge in [-0.1, -0.05) is 19.1 Å². The predicted octanol–water partition coefficient (Wildman–Crippen LogP) is 3.92. The van der Waals surface area contributed by atoms with E-state index in [1.54, 1.807) is 12.1 Å². The molecule has 0 spiro atoms. The maximum absolute atomic E-state index is 13.5. The summed E-state index contributed by atoms with van der Waals surface area (Å²) in [5.74, 6) is -0.179. The van der Waals surface area contributed by atoms with Crippen molar-refractivity contribution in [3.63, 3.8) is 0 Å². The largest absolute Gasteiger partial charge is 0.377 e. The van der Waals surface area contributed by atoms with Gasteiger partial charge in [-0.2, -0.15) is 5.10 Å². The first-order valence-electron chi connectivity index (χ1n) is 9.25. The van der Waals surface area contributed by atoms with Crippen LogP contribution in [0.5, 0.6) is 0 Å². The lowest BCUT2D eigenvalue weighted by molar-refractivity contribution is 0.0678. The molecule has 1 aromatic heterocycles. The van der Waals surface area contributed by atoms with Crippen molar-refractivity contribution in [1.29, 1.82) is 0 Å². The van der Waals surface area contributed by atoms with Crippen LogP contribution < -0.4 is 0 Å². The molecule has 136 valence electrons. The first-order chi connectivity index (χ1) is 12.2. The molecule has 2 heterocycles. The van der Waals surface area contributed by atoms with Gasteiger partial charge in [0.2, 0.25) is 0 Å². The highest BCUT2D eigenvalue weighted by molar-refractivity contribution is 5.18. The first kappa shape index (κ1) is 18.1. The number of hydrogen-bond donors (Lipinski definition) is 0. The van der Waals surface area contributed by atoms with Gasteiger partial charge in [0.25, 0.3) is 0 Å². The first-order valence-corrected chi connectivity index (χ1v) is 9.25. The summed E-state index contributed by atoms with van der Waals surface area (Å²) >= 11 is 0. The molecule has 1 fully saturated rings. The highest BCUT2D eigenvalue weighted by atomic mass is 19.1. The van der Waals surface area contributed by atoms with Gasteiger partial charge in [-0.25, -0.2) is 4.39 Å². The molecule has 0 radical (unpaired) electrons. The van der Waals surface area contributed by atoms with Gasteiger partial charge >= 0.3 is 0 Å². The lowest BCUT2D eigenvalue weighted by Gasteiger charge is -2.25. The maximum Gasteiger partial charge on any atom is 0.123 e. The Morgan fingerprint density at radius 1 is 1.36 bits per heavy atom. The number of ether oxygens (including phenoxy) is 1. The van der Waals surface area contributed by atoms with E-state index in [9.17, 15) is 4.39 Å². The number of halogens is 1. The van der Waals surface area contributed by atoms with Gasteiger partial charge in [-0.3, -0.25) is 9.58 Å². The van der Waals surface area contributed by atoms with Crippen LogP contribution in [0.3, 0.4) is 0 Å². The molecule has 1 aromatic carbocycles. The van der Waals surface area contributed by atoms with Crippen molar-refractivity contribution in [1.82, 2.24) is 14.7 Å². The molecule has 0 bridgehead atoms. The minimum absolute atomic E-state index is 0.179. The van der Waals surface area contributed by atoms with E-state index in [1.165, 1.54) is 17.3 Å². The molecule has 5 heteroatoms. The van der Waals surface area contributed by atoms with E-state index in [1.807, 2.05) is 12.3 Å². The van der Waals surface area contributed by atoms with Crippen LogP contribution in [-0.4, -0.2) is 33.9 Å². The Morgan fingerprint density at radius 2 is 2.24 bits per heavy atom. The summed E-state index contributed by atoms with van der Waals surface area (Å²) in [4.78, 5) is 2.35. The zero-order valence-electron chi connectivity index (χ0n) is 15.2. The molecule has 1 unspecified atom stereocenters. The average molecular weight is 345 g/mol. The lowest BCUT2D eigenvalue weighted by atomic mass is 10.1. The Kier molecular flexibility index (Phi) is 6.21. The van der Waals surface area contributed by atoms with Crippen molar-refractivity contribution < 1.29 is 9.13 Å². The lowest BCUT2D eigenvalue weighted by Crippen LogP contribution is -2.31. The zero-order chi connectivity index (χ0) is 17.6. The number of rotatable bonds is 8. The molecule has 0 aliphatic carbocycles. The minimum Gasteiger partial charge on any atom is -0.377 e. The summed E-state index contributed by atoms with van der Waals surface area (Å²) in [5.41, 5.74) is 3.46. The van der Waals surface area contributed by atoms with E-state index in [0.29, 0.717) is 0 Å². The summed E-state index contributed by atoms with van der Waals surface area (Å²) < 4.78 is 21.4. The van der Waals surface area contributed by atoms with Gasteiger partial charge in [0.05, 0.1) is 12.3 Å². The maximum atomic E-state index is 13.5. The van der Waals surface area contributed by atoms with Crippen LogP contribution in [0.25, 0.3) is 0 Å². The summed E-state index contributed by atoms with van der Waals surface area (Å²) in [6.45, 7) is 8.49. The molecule has 1 aliphatic rings. The third kappa shape index (κ3) is 4.89. The SMILES string of the molecule is CCCn1ncc(CN(Cc2cccc(F)c2)CC2CCCO2)c1C. The molecule has 0 amide bonds. The summed E-state index contributed by atoms with van der Waals surface area (Å²) in [5, 5.41) is 4.51. The fourth-order valence-electron chi connectivity index (χ4n) is 3.47. The molecule has 0 N–H and O–H groups in total. The number of nitrogens with zero attached hydrogens (tertiary/aromatic N) is 3. The van der Waals surface area contributed by atoms with E-state index >= 15 is 0 Å². The van der Waals surface area contributed by atoms with E-state index in [-0.39, 0.29) is 11.9 Å². The Labute approximate surface area is 149 Å². The van der Waals surface area contributed by atoms with Crippen LogP contribution in [-0.2, 0) is 24.4 Å². The molecule has 25 heavy (non-hydrogen) atoms. The minimum atomic E-state index is -0.179. The Morgan fingerprint density at radius 3 is 2.96 bits per heavy atom. The van der Waals surface area contributed by atoms with Gasteiger partial charge in [0, 0.05) is 44.0 Å². The van der Waals surface area contributed by atoms with Crippen LogP contribution in [0, 0.1) is 12.7 Å². The van der Waals surface area contributed by atoms with Crippen LogP contribution in [0.1, 0.15) is 43.0 Å². The van der Waals surface area contributed by atoms with Crippen molar-refractivity contribution >= 4 is 0 Å². The smallest absolute Gasteiger partial charge is 0.123 e. The normalized spacial score (nSPS) is 17.5. The van der Waals surface area contributed by atoms with E-state index < -0.39 is 0 Å². The number of benzene rings is 1. The second-order valence-corrected chi connectivity index (χ2v) is 6.91. The highest BCUT2D eigenvalue weighted by Gasteiger charge is 2.21. The second kappa shape index (κ2) is 8.59. The summed E-state index contributed by atoms with van der Waals surface area (Å²) in [6.07, 6.45) is 5.56. The summed E-state index contributed by atoms with van der Waals surface area (Å²) in [6, 6.07) is 6.88. The molecule has 2 aromatic rings.